The van der Waals surface area contributed by atoms with Crippen molar-refractivity contribution in [1.82, 2.24) is 19.6 Å². The van der Waals surface area contributed by atoms with Gasteiger partial charge in [0.25, 0.3) is 5.91 Å². The molecule has 4 rings (SSSR count). The van der Waals surface area contributed by atoms with E-state index in [0.29, 0.717) is 11.4 Å². The molecule has 0 unspecified atom stereocenters. The Bertz CT molecular complexity index is 974. The SMILES string of the molecule is CC(C)(CN1CCOCC1)NC(=O)c1csc2nc(-c3ccc(F)cc3)cn12. The maximum absolute atomic E-state index is 13.2. The summed E-state index contributed by atoms with van der Waals surface area (Å²) >= 11 is 1.41. The molecule has 2 aromatic heterocycles. The molecule has 6 nitrogen and oxygen atoms in total. The number of morpholine rings is 1. The summed E-state index contributed by atoms with van der Waals surface area (Å²) < 4.78 is 20.3. The lowest BCUT2D eigenvalue weighted by Gasteiger charge is -2.35. The number of aromatic nitrogens is 2. The highest BCUT2D eigenvalue weighted by molar-refractivity contribution is 7.15. The van der Waals surface area contributed by atoms with Crippen molar-refractivity contribution in [2.45, 2.75) is 19.4 Å². The molecule has 1 fully saturated rings. The van der Waals surface area contributed by atoms with E-state index in [1.165, 1.54) is 23.5 Å². The molecule has 1 aliphatic rings. The summed E-state index contributed by atoms with van der Waals surface area (Å²) in [7, 11) is 0. The third-order valence-electron chi connectivity index (χ3n) is 4.76. The van der Waals surface area contributed by atoms with Gasteiger partial charge in [-0.05, 0) is 38.1 Å². The number of hydrogen-bond donors (Lipinski definition) is 1. The molecule has 0 atom stereocenters. The number of fused-ring (bicyclic) bond motifs is 1. The van der Waals surface area contributed by atoms with Crippen molar-refractivity contribution in [3.05, 3.63) is 47.4 Å². The van der Waals surface area contributed by atoms with Gasteiger partial charge in [0.15, 0.2) is 4.96 Å². The van der Waals surface area contributed by atoms with Gasteiger partial charge < -0.3 is 10.1 Å². The van der Waals surface area contributed by atoms with E-state index in [2.05, 4.69) is 15.2 Å². The van der Waals surface area contributed by atoms with Crippen molar-refractivity contribution in [3.63, 3.8) is 0 Å². The van der Waals surface area contributed by atoms with Crippen molar-refractivity contribution in [2.75, 3.05) is 32.8 Å². The average Bonchev–Trinajstić information content (AvgIpc) is 3.23. The summed E-state index contributed by atoms with van der Waals surface area (Å²) in [4.78, 5) is 20.5. The molecule has 3 aromatic rings. The van der Waals surface area contributed by atoms with Gasteiger partial charge in [0.1, 0.15) is 11.5 Å². The summed E-state index contributed by atoms with van der Waals surface area (Å²) in [5.74, 6) is -0.417. The number of ether oxygens (including phenoxy) is 1. The second kappa shape index (κ2) is 7.62. The number of imidazole rings is 1. The molecular formula is C20H23FN4O2S. The Hall–Kier alpha value is -2.29. The van der Waals surface area contributed by atoms with Crippen LogP contribution in [0.3, 0.4) is 0 Å². The minimum atomic E-state index is -0.372. The minimum absolute atomic E-state index is 0.132. The van der Waals surface area contributed by atoms with Crippen LogP contribution in [-0.4, -0.2) is 58.6 Å². The maximum atomic E-state index is 13.2. The Kier molecular flexibility index (Phi) is 5.18. The Morgan fingerprint density at radius 2 is 2.00 bits per heavy atom. The second-order valence-corrected chi connectivity index (χ2v) is 8.47. The van der Waals surface area contributed by atoms with Gasteiger partial charge in [0.2, 0.25) is 0 Å². The van der Waals surface area contributed by atoms with Crippen molar-refractivity contribution in [1.29, 1.82) is 0 Å². The third-order valence-corrected chi connectivity index (χ3v) is 5.60. The molecule has 1 amide bonds. The van der Waals surface area contributed by atoms with Crippen LogP contribution in [0.4, 0.5) is 4.39 Å². The summed E-state index contributed by atoms with van der Waals surface area (Å²) in [6.07, 6.45) is 1.82. The van der Waals surface area contributed by atoms with Gasteiger partial charge in [-0.1, -0.05) is 0 Å². The van der Waals surface area contributed by atoms with Gasteiger partial charge in [-0.15, -0.1) is 11.3 Å². The summed E-state index contributed by atoms with van der Waals surface area (Å²) in [5.41, 5.74) is 1.71. The van der Waals surface area contributed by atoms with Gasteiger partial charge in [-0.25, -0.2) is 9.37 Å². The summed E-state index contributed by atoms with van der Waals surface area (Å²) in [6.45, 7) is 8.05. The third kappa shape index (κ3) is 4.09. The number of nitrogens with one attached hydrogen (secondary N) is 1. The fraction of sp³-hybridized carbons (Fsp3) is 0.400. The van der Waals surface area contributed by atoms with Crippen LogP contribution in [0.15, 0.2) is 35.8 Å². The van der Waals surface area contributed by atoms with Crippen LogP contribution < -0.4 is 5.32 Å². The van der Waals surface area contributed by atoms with Gasteiger partial charge >= 0.3 is 0 Å². The number of carbonyl (C=O) groups is 1. The zero-order valence-corrected chi connectivity index (χ0v) is 16.8. The van der Waals surface area contributed by atoms with Crippen LogP contribution in [0.1, 0.15) is 24.3 Å². The van der Waals surface area contributed by atoms with E-state index in [9.17, 15) is 9.18 Å². The second-order valence-electron chi connectivity index (χ2n) is 7.63. The fourth-order valence-electron chi connectivity index (χ4n) is 3.44. The van der Waals surface area contributed by atoms with E-state index in [1.54, 1.807) is 16.5 Å². The highest BCUT2D eigenvalue weighted by atomic mass is 32.1. The monoisotopic (exact) mass is 402 g/mol. The average molecular weight is 402 g/mol. The van der Waals surface area contributed by atoms with Crippen LogP contribution in [0.25, 0.3) is 16.2 Å². The smallest absolute Gasteiger partial charge is 0.269 e. The van der Waals surface area contributed by atoms with E-state index in [0.717, 1.165) is 43.4 Å². The number of carbonyl (C=O) groups excluding carboxylic acids is 1. The lowest BCUT2D eigenvalue weighted by atomic mass is 10.0. The molecule has 0 saturated carbocycles. The standard InChI is InChI=1S/C20H23FN4O2S/c1-20(2,13-24-7-9-27-10-8-24)23-18(26)17-12-28-19-22-16(11-25(17)19)14-3-5-15(21)6-4-14/h3-6,11-12H,7-10,13H2,1-2H3,(H,23,26). The lowest BCUT2D eigenvalue weighted by molar-refractivity contribution is 0.0268. The highest BCUT2D eigenvalue weighted by Crippen LogP contribution is 2.24. The first kappa shape index (κ1) is 19.0. The zero-order chi connectivity index (χ0) is 19.7. The molecule has 1 saturated heterocycles. The molecule has 3 heterocycles. The van der Waals surface area contributed by atoms with Crippen molar-refractivity contribution < 1.29 is 13.9 Å². The lowest BCUT2D eigenvalue weighted by Crippen LogP contribution is -2.53. The molecule has 148 valence electrons. The molecular weight excluding hydrogens is 379 g/mol. The molecule has 0 aliphatic carbocycles. The number of benzene rings is 1. The van der Waals surface area contributed by atoms with Crippen LogP contribution in [-0.2, 0) is 4.74 Å². The van der Waals surface area contributed by atoms with Crippen LogP contribution in [0, 0.1) is 5.82 Å². The zero-order valence-electron chi connectivity index (χ0n) is 15.9. The highest BCUT2D eigenvalue weighted by Gasteiger charge is 2.27. The predicted octanol–water partition coefficient (Wildman–Crippen LogP) is 3.04. The minimum Gasteiger partial charge on any atom is -0.379 e. The van der Waals surface area contributed by atoms with Crippen molar-refractivity contribution in [2.24, 2.45) is 0 Å². The van der Waals surface area contributed by atoms with Crippen molar-refractivity contribution >= 4 is 22.2 Å². The number of amides is 1. The maximum Gasteiger partial charge on any atom is 0.269 e. The van der Waals surface area contributed by atoms with Gasteiger partial charge in [0.05, 0.1) is 18.9 Å². The van der Waals surface area contributed by atoms with Crippen LogP contribution >= 0.6 is 11.3 Å². The Labute approximate surface area is 166 Å². The Morgan fingerprint density at radius 3 is 2.71 bits per heavy atom. The first-order valence-corrected chi connectivity index (χ1v) is 10.1. The largest absolute Gasteiger partial charge is 0.379 e. The van der Waals surface area contributed by atoms with Gasteiger partial charge in [0, 0.05) is 42.3 Å². The Balaban J connectivity index is 1.51. The first-order chi connectivity index (χ1) is 13.4. The number of halogens is 1. The molecule has 0 radical (unpaired) electrons. The van der Waals surface area contributed by atoms with E-state index in [4.69, 9.17) is 4.74 Å². The molecule has 0 bridgehead atoms. The number of thiazole rings is 1. The Morgan fingerprint density at radius 1 is 1.29 bits per heavy atom. The first-order valence-electron chi connectivity index (χ1n) is 9.26. The molecule has 1 aliphatic heterocycles. The summed E-state index contributed by atoms with van der Waals surface area (Å²) in [6, 6.07) is 6.19. The predicted molar refractivity (Wildman–Crippen MR) is 107 cm³/mol. The topological polar surface area (TPSA) is 58.9 Å². The fourth-order valence-corrected chi connectivity index (χ4v) is 4.29. The van der Waals surface area contributed by atoms with Gasteiger partial charge in [-0.2, -0.15) is 0 Å². The summed E-state index contributed by atoms with van der Waals surface area (Å²) in [5, 5.41) is 4.96. The molecule has 1 N–H and O–H groups in total. The molecule has 8 heteroatoms. The molecule has 0 spiro atoms. The van der Waals surface area contributed by atoms with E-state index in [-0.39, 0.29) is 17.3 Å². The number of hydrogen-bond acceptors (Lipinski definition) is 5. The number of nitrogens with zero attached hydrogens (tertiary/aromatic N) is 3. The van der Waals surface area contributed by atoms with E-state index < -0.39 is 0 Å². The van der Waals surface area contributed by atoms with Crippen LogP contribution in [0.2, 0.25) is 0 Å². The quantitative estimate of drug-likeness (QED) is 0.713. The molecule has 28 heavy (non-hydrogen) atoms. The van der Waals surface area contributed by atoms with E-state index in [1.807, 2.05) is 25.4 Å². The van der Waals surface area contributed by atoms with Gasteiger partial charge in [-0.3, -0.25) is 14.1 Å². The number of rotatable bonds is 5. The van der Waals surface area contributed by atoms with Crippen molar-refractivity contribution in [3.8, 4) is 11.3 Å². The van der Waals surface area contributed by atoms with Crippen LogP contribution in [0.5, 0.6) is 0 Å². The molecule has 1 aromatic carbocycles. The van der Waals surface area contributed by atoms with E-state index >= 15 is 0 Å². The normalized spacial score (nSPS) is 15.8.